The normalized spacial score (nSPS) is 15.3. The molecule has 4 amide bonds. The van der Waals surface area contributed by atoms with Gasteiger partial charge in [-0.05, 0) is 68.0 Å². The predicted molar refractivity (Wildman–Crippen MR) is 136 cm³/mol. The number of amides is 4. The number of carbonyl (C=O) groups is 3. The number of imide groups is 1. The zero-order valence-corrected chi connectivity index (χ0v) is 20.8. The number of amidine groups is 1. The van der Waals surface area contributed by atoms with Gasteiger partial charge in [-0.15, -0.1) is 0 Å². The van der Waals surface area contributed by atoms with Crippen molar-refractivity contribution >= 4 is 35.1 Å². The van der Waals surface area contributed by atoms with E-state index in [1.54, 1.807) is 24.3 Å². The molecular formula is C27H33N4O4+. The Morgan fingerprint density at radius 3 is 2.09 bits per heavy atom. The Morgan fingerprint density at radius 2 is 1.57 bits per heavy atom. The second-order valence-electron chi connectivity index (χ2n) is 8.82. The molecular weight excluding hydrogens is 444 g/mol. The summed E-state index contributed by atoms with van der Waals surface area (Å²) < 4.78 is 1.17. The molecule has 184 valence electrons. The summed E-state index contributed by atoms with van der Waals surface area (Å²) in [6, 6.07) is 9.69. The van der Waals surface area contributed by atoms with Crippen LogP contribution >= 0.6 is 0 Å². The van der Waals surface area contributed by atoms with Crippen molar-refractivity contribution in [3.8, 4) is 5.75 Å². The summed E-state index contributed by atoms with van der Waals surface area (Å²) in [7, 11) is 1.32. The van der Waals surface area contributed by atoms with E-state index < -0.39 is 17.8 Å². The van der Waals surface area contributed by atoms with Gasteiger partial charge in [0, 0.05) is 5.56 Å². The number of nitrogens with zero attached hydrogens (tertiary/aromatic N) is 3. The predicted octanol–water partition coefficient (Wildman–Crippen LogP) is 4.26. The van der Waals surface area contributed by atoms with Gasteiger partial charge < -0.3 is 10.8 Å². The lowest BCUT2D eigenvalue weighted by molar-refractivity contribution is -0.342. The summed E-state index contributed by atoms with van der Waals surface area (Å²) in [6.45, 7) is 6.03. The highest BCUT2D eigenvalue weighted by atomic mass is 16.3. The molecule has 1 heterocycles. The minimum Gasteiger partial charge on any atom is -0.507 e. The number of nitrogens with two attached hydrogens (primary N) is 1. The number of unbranched alkanes of at least 4 members (excludes halogenated alkanes) is 2. The van der Waals surface area contributed by atoms with Crippen LogP contribution in [0.3, 0.4) is 0 Å². The van der Waals surface area contributed by atoms with Crippen LogP contribution in [0, 0.1) is 6.92 Å². The number of carbonyl (C=O) groups excluding carboxylic acids is 3. The molecule has 8 heteroatoms. The maximum Gasteiger partial charge on any atom is 0.451 e. The standard InChI is InChI=1S/C27H32N4O4/c1-5-7-9-18-15-20(16-19(23(18)32)10-8-6-2)25(33)29-22-24(28)31(27(35)30(4)26(22)34)21-13-11-17(3)12-14-21/h11-16,28H,5-10H2,1-4H3,(H,32,33)/p+1. The first-order valence-electron chi connectivity index (χ1n) is 12.0. The van der Waals surface area contributed by atoms with Crippen molar-refractivity contribution in [3.63, 3.8) is 0 Å². The van der Waals surface area contributed by atoms with Crippen molar-refractivity contribution < 1.29 is 24.1 Å². The van der Waals surface area contributed by atoms with Gasteiger partial charge in [0.1, 0.15) is 11.4 Å². The SMILES string of the molecule is CCCCc1cc(C(=O)N=C2C(=O)N(C)C(=O)[N+](c3ccc(C)cc3)=C2N)cc(CCCC)c1O. The van der Waals surface area contributed by atoms with E-state index in [0.717, 1.165) is 36.1 Å². The fourth-order valence-electron chi connectivity index (χ4n) is 3.93. The van der Waals surface area contributed by atoms with Crippen molar-refractivity contribution in [3.05, 3.63) is 58.7 Å². The molecule has 0 unspecified atom stereocenters. The smallest absolute Gasteiger partial charge is 0.451 e. The minimum absolute atomic E-state index is 0.202. The minimum atomic E-state index is -0.750. The van der Waals surface area contributed by atoms with Crippen molar-refractivity contribution in [2.45, 2.75) is 59.3 Å². The summed E-state index contributed by atoms with van der Waals surface area (Å²) in [5.41, 5.74) is 9.04. The van der Waals surface area contributed by atoms with Gasteiger partial charge in [-0.3, -0.25) is 4.79 Å². The molecule has 0 aliphatic carbocycles. The van der Waals surface area contributed by atoms with E-state index in [1.165, 1.54) is 11.6 Å². The summed E-state index contributed by atoms with van der Waals surface area (Å²) in [5, 5.41) is 10.7. The summed E-state index contributed by atoms with van der Waals surface area (Å²) >= 11 is 0. The second-order valence-corrected chi connectivity index (χ2v) is 8.82. The van der Waals surface area contributed by atoms with Crippen molar-refractivity contribution in [2.75, 3.05) is 7.05 Å². The first-order chi connectivity index (χ1) is 16.7. The number of hydrogen-bond acceptors (Lipinski definition) is 5. The number of phenols is 1. The van der Waals surface area contributed by atoms with Crippen LogP contribution in [0.5, 0.6) is 5.75 Å². The summed E-state index contributed by atoms with van der Waals surface area (Å²) in [4.78, 5) is 43.9. The summed E-state index contributed by atoms with van der Waals surface area (Å²) in [5.74, 6) is -1.39. The Bertz CT molecular complexity index is 1180. The van der Waals surface area contributed by atoms with Crippen LogP contribution in [0.2, 0.25) is 0 Å². The van der Waals surface area contributed by atoms with Gasteiger partial charge in [0.05, 0.1) is 7.05 Å². The Balaban J connectivity index is 2.09. The molecule has 1 aliphatic heterocycles. The molecule has 0 saturated heterocycles. The van der Waals surface area contributed by atoms with E-state index >= 15 is 0 Å². The van der Waals surface area contributed by atoms with Crippen LogP contribution in [0.25, 0.3) is 0 Å². The van der Waals surface area contributed by atoms with Gasteiger partial charge in [-0.1, -0.05) is 44.4 Å². The van der Waals surface area contributed by atoms with E-state index in [9.17, 15) is 19.5 Å². The van der Waals surface area contributed by atoms with Crippen LogP contribution in [0.15, 0.2) is 41.4 Å². The van der Waals surface area contributed by atoms with E-state index in [1.807, 2.05) is 19.1 Å². The number of benzene rings is 2. The maximum absolute atomic E-state index is 13.2. The molecule has 0 saturated carbocycles. The molecule has 0 radical (unpaired) electrons. The lowest BCUT2D eigenvalue weighted by Gasteiger charge is -2.20. The Labute approximate surface area is 205 Å². The van der Waals surface area contributed by atoms with Crippen molar-refractivity contribution in [2.24, 2.45) is 10.7 Å². The zero-order valence-electron chi connectivity index (χ0n) is 20.8. The molecule has 0 fully saturated rings. The fourth-order valence-corrected chi connectivity index (χ4v) is 3.93. The number of aliphatic imine (C=N–C) groups is 1. The molecule has 2 aromatic carbocycles. The van der Waals surface area contributed by atoms with Gasteiger partial charge in [0.15, 0.2) is 0 Å². The van der Waals surface area contributed by atoms with Gasteiger partial charge in [-0.2, -0.15) is 14.5 Å². The zero-order chi connectivity index (χ0) is 25.7. The van der Waals surface area contributed by atoms with Crippen LogP contribution < -0.4 is 5.73 Å². The lowest BCUT2D eigenvalue weighted by atomic mass is 9.96. The Kier molecular flexibility index (Phi) is 8.17. The van der Waals surface area contributed by atoms with Crippen molar-refractivity contribution in [1.82, 2.24) is 4.90 Å². The van der Waals surface area contributed by atoms with E-state index in [0.29, 0.717) is 29.7 Å². The monoisotopic (exact) mass is 477 g/mol. The molecule has 3 N–H and O–H groups in total. The highest BCUT2D eigenvalue weighted by Gasteiger charge is 2.42. The maximum atomic E-state index is 13.2. The molecule has 0 atom stereocenters. The second kappa shape index (κ2) is 11.1. The van der Waals surface area contributed by atoms with Crippen LogP contribution in [0.1, 0.15) is 66.6 Å². The van der Waals surface area contributed by atoms with Crippen LogP contribution in [0.4, 0.5) is 10.5 Å². The number of rotatable bonds is 8. The number of aromatic hydroxyl groups is 1. The highest BCUT2D eigenvalue weighted by molar-refractivity contribution is 6.68. The van der Waals surface area contributed by atoms with Crippen molar-refractivity contribution in [1.29, 1.82) is 0 Å². The third-order valence-corrected chi connectivity index (χ3v) is 6.09. The van der Waals surface area contributed by atoms with Gasteiger partial charge in [-0.25, -0.2) is 9.59 Å². The Morgan fingerprint density at radius 1 is 1.03 bits per heavy atom. The topological polar surface area (TPSA) is 116 Å². The average molecular weight is 478 g/mol. The molecule has 3 rings (SSSR count). The summed E-state index contributed by atoms with van der Waals surface area (Å²) in [6.07, 6.45) is 4.88. The van der Waals surface area contributed by atoms with Gasteiger partial charge in [0.2, 0.25) is 5.71 Å². The van der Waals surface area contributed by atoms with Crippen LogP contribution in [-0.2, 0) is 17.6 Å². The molecule has 35 heavy (non-hydrogen) atoms. The Hall–Kier alpha value is -3.81. The molecule has 2 aromatic rings. The highest BCUT2D eigenvalue weighted by Crippen LogP contribution is 2.28. The number of hydrogen-bond donors (Lipinski definition) is 2. The largest absolute Gasteiger partial charge is 0.507 e. The quantitative estimate of drug-likeness (QED) is 0.551. The van der Waals surface area contributed by atoms with E-state index in [2.05, 4.69) is 18.8 Å². The molecule has 0 spiro atoms. The van der Waals surface area contributed by atoms with Crippen LogP contribution in [-0.4, -0.2) is 51.0 Å². The fraction of sp³-hybridized carbons (Fsp3) is 0.370. The first kappa shape index (κ1) is 25.8. The lowest BCUT2D eigenvalue weighted by Crippen LogP contribution is -2.55. The molecule has 8 nitrogen and oxygen atoms in total. The van der Waals surface area contributed by atoms with Gasteiger partial charge >= 0.3 is 11.9 Å². The molecule has 0 bridgehead atoms. The number of urea groups is 1. The average Bonchev–Trinajstić information content (AvgIpc) is 2.85. The third kappa shape index (κ3) is 5.48. The molecule has 0 aromatic heterocycles. The number of aryl methyl sites for hydroxylation is 3. The number of phenolic OH excluding ortho intramolecular Hbond substituents is 1. The first-order valence-corrected chi connectivity index (χ1v) is 12.0. The van der Waals surface area contributed by atoms with E-state index in [4.69, 9.17) is 5.73 Å². The third-order valence-electron chi connectivity index (χ3n) is 6.09. The molecule has 1 aliphatic rings. The van der Waals surface area contributed by atoms with Gasteiger partial charge in [0.25, 0.3) is 11.7 Å². The van der Waals surface area contributed by atoms with E-state index in [-0.39, 0.29) is 22.9 Å².